The highest BCUT2D eigenvalue weighted by Gasteiger charge is 2.29. The van der Waals surface area contributed by atoms with Crippen LogP contribution in [-0.4, -0.2) is 0 Å². The molecule has 0 heterocycles. The van der Waals surface area contributed by atoms with Crippen molar-refractivity contribution in [2.75, 3.05) is 0 Å². The van der Waals surface area contributed by atoms with Crippen LogP contribution in [0.5, 0.6) is 5.75 Å². The van der Waals surface area contributed by atoms with Gasteiger partial charge in [0.15, 0.2) is 0 Å². The van der Waals surface area contributed by atoms with E-state index in [9.17, 15) is 0 Å². The molecule has 1 nitrogen and oxygen atoms in total. The number of ether oxygens (including phenoxy) is 1. The van der Waals surface area contributed by atoms with E-state index >= 15 is 0 Å². The summed E-state index contributed by atoms with van der Waals surface area (Å²) in [5, 5.41) is 0. The van der Waals surface area contributed by atoms with Crippen LogP contribution in [0.2, 0.25) is 0 Å². The van der Waals surface area contributed by atoms with E-state index in [0.717, 1.165) is 11.5 Å². The SMILES string of the molecule is CC(C)C(C)(C)/C(=C\Cl)Oc1ccccc1. The first-order valence-corrected chi connectivity index (χ1v) is 5.96. The predicted octanol–water partition coefficient (Wildman–Crippen LogP) is 4.83. The van der Waals surface area contributed by atoms with Crippen molar-refractivity contribution in [2.24, 2.45) is 11.3 Å². The Morgan fingerprint density at radius 1 is 1.25 bits per heavy atom. The minimum Gasteiger partial charge on any atom is -0.460 e. The van der Waals surface area contributed by atoms with Gasteiger partial charge < -0.3 is 4.74 Å². The molecule has 0 aliphatic carbocycles. The predicted molar refractivity (Wildman–Crippen MR) is 69.6 cm³/mol. The summed E-state index contributed by atoms with van der Waals surface area (Å²) in [4.78, 5) is 0. The zero-order chi connectivity index (χ0) is 12.2. The van der Waals surface area contributed by atoms with Gasteiger partial charge >= 0.3 is 0 Å². The van der Waals surface area contributed by atoms with E-state index in [4.69, 9.17) is 16.3 Å². The molecule has 0 amide bonds. The van der Waals surface area contributed by atoms with Crippen LogP contribution in [0.4, 0.5) is 0 Å². The summed E-state index contributed by atoms with van der Waals surface area (Å²) in [6.07, 6.45) is 0. The third-order valence-electron chi connectivity index (χ3n) is 3.15. The maximum Gasteiger partial charge on any atom is 0.127 e. The first-order chi connectivity index (χ1) is 7.48. The Hall–Kier alpha value is -0.950. The van der Waals surface area contributed by atoms with Crippen LogP contribution < -0.4 is 4.74 Å². The van der Waals surface area contributed by atoms with Crippen molar-refractivity contribution in [3.8, 4) is 5.75 Å². The van der Waals surface area contributed by atoms with Crippen molar-refractivity contribution < 1.29 is 4.74 Å². The molecule has 0 aliphatic rings. The Morgan fingerprint density at radius 2 is 1.81 bits per heavy atom. The molecule has 0 spiro atoms. The minimum atomic E-state index is -0.0718. The normalized spacial score (nSPS) is 13.0. The first-order valence-electron chi connectivity index (χ1n) is 5.52. The molecule has 88 valence electrons. The lowest BCUT2D eigenvalue weighted by Gasteiger charge is -2.31. The summed E-state index contributed by atoms with van der Waals surface area (Å²) in [6.45, 7) is 8.59. The summed E-state index contributed by atoms with van der Waals surface area (Å²) in [5.74, 6) is 2.08. The number of benzene rings is 1. The van der Waals surface area contributed by atoms with Gasteiger partial charge in [-0.3, -0.25) is 0 Å². The molecule has 0 bridgehead atoms. The third-order valence-corrected chi connectivity index (χ3v) is 3.35. The van der Waals surface area contributed by atoms with Crippen molar-refractivity contribution in [1.82, 2.24) is 0 Å². The fraction of sp³-hybridized carbons (Fsp3) is 0.429. The molecule has 0 saturated heterocycles. The molecule has 0 aliphatic heterocycles. The van der Waals surface area contributed by atoms with Crippen molar-refractivity contribution in [3.05, 3.63) is 41.6 Å². The molecule has 16 heavy (non-hydrogen) atoms. The lowest BCUT2D eigenvalue weighted by atomic mass is 9.80. The number of para-hydroxylation sites is 1. The minimum absolute atomic E-state index is 0.0718. The van der Waals surface area contributed by atoms with Crippen LogP contribution in [0.1, 0.15) is 27.7 Å². The number of allylic oxidation sites excluding steroid dienone is 1. The highest BCUT2D eigenvalue weighted by atomic mass is 35.5. The van der Waals surface area contributed by atoms with Crippen LogP contribution in [-0.2, 0) is 0 Å². The van der Waals surface area contributed by atoms with Gasteiger partial charge in [-0.1, -0.05) is 57.5 Å². The van der Waals surface area contributed by atoms with Crippen molar-refractivity contribution in [1.29, 1.82) is 0 Å². The smallest absolute Gasteiger partial charge is 0.127 e. The summed E-state index contributed by atoms with van der Waals surface area (Å²) < 4.78 is 5.82. The third kappa shape index (κ3) is 3.02. The lowest BCUT2D eigenvalue weighted by molar-refractivity contribution is 0.209. The molecule has 0 radical (unpaired) electrons. The highest BCUT2D eigenvalue weighted by Crippen LogP contribution is 2.36. The molecule has 1 aromatic rings. The number of hydrogen-bond acceptors (Lipinski definition) is 1. The summed E-state index contributed by atoms with van der Waals surface area (Å²) >= 11 is 5.86. The molecule has 0 atom stereocenters. The van der Waals surface area contributed by atoms with E-state index in [-0.39, 0.29) is 5.41 Å². The largest absolute Gasteiger partial charge is 0.460 e. The summed E-state index contributed by atoms with van der Waals surface area (Å²) in [5.41, 5.74) is 1.46. The molecule has 0 unspecified atom stereocenters. The van der Waals surface area contributed by atoms with Gasteiger partial charge in [0.1, 0.15) is 11.5 Å². The molecule has 0 saturated carbocycles. The van der Waals surface area contributed by atoms with Crippen LogP contribution in [0.25, 0.3) is 0 Å². The van der Waals surface area contributed by atoms with Crippen LogP contribution in [0.3, 0.4) is 0 Å². The van der Waals surface area contributed by atoms with E-state index < -0.39 is 0 Å². The van der Waals surface area contributed by atoms with Gasteiger partial charge in [0, 0.05) is 11.0 Å². The Labute approximate surface area is 103 Å². The van der Waals surface area contributed by atoms with Crippen molar-refractivity contribution >= 4 is 11.6 Å². The van der Waals surface area contributed by atoms with Gasteiger partial charge in [-0.05, 0) is 18.1 Å². The second kappa shape index (κ2) is 5.40. The van der Waals surface area contributed by atoms with Crippen molar-refractivity contribution in [3.63, 3.8) is 0 Å². The van der Waals surface area contributed by atoms with Crippen LogP contribution in [0, 0.1) is 11.3 Å². The monoisotopic (exact) mass is 238 g/mol. The molecule has 0 N–H and O–H groups in total. The quantitative estimate of drug-likeness (QED) is 0.683. The average Bonchev–Trinajstić information content (AvgIpc) is 2.26. The average molecular weight is 239 g/mol. The Kier molecular flexibility index (Phi) is 4.43. The fourth-order valence-electron chi connectivity index (χ4n) is 1.19. The Morgan fingerprint density at radius 3 is 2.25 bits per heavy atom. The fourth-order valence-corrected chi connectivity index (χ4v) is 1.52. The van der Waals surface area contributed by atoms with Gasteiger partial charge in [-0.2, -0.15) is 0 Å². The zero-order valence-electron chi connectivity index (χ0n) is 10.3. The summed E-state index contributed by atoms with van der Waals surface area (Å²) in [6, 6.07) is 9.71. The Bertz CT molecular complexity index is 352. The number of hydrogen-bond donors (Lipinski definition) is 0. The van der Waals surface area contributed by atoms with Gasteiger partial charge in [0.05, 0.1) is 0 Å². The second-order valence-electron chi connectivity index (χ2n) is 4.76. The molecule has 1 rings (SSSR count). The van der Waals surface area contributed by atoms with E-state index in [2.05, 4.69) is 27.7 Å². The Balaban J connectivity index is 2.87. The topological polar surface area (TPSA) is 9.23 Å². The van der Waals surface area contributed by atoms with E-state index in [0.29, 0.717) is 5.92 Å². The van der Waals surface area contributed by atoms with Crippen molar-refractivity contribution in [2.45, 2.75) is 27.7 Å². The lowest BCUT2D eigenvalue weighted by Crippen LogP contribution is -2.25. The van der Waals surface area contributed by atoms with Gasteiger partial charge in [-0.25, -0.2) is 0 Å². The second-order valence-corrected chi connectivity index (χ2v) is 4.98. The van der Waals surface area contributed by atoms with Gasteiger partial charge in [-0.15, -0.1) is 0 Å². The maximum atomic E-state index is 5.86. The zero-order valence-corrected chi connectivity index (χ0v) is 11.1. The molecular weight excluding hydrogens is 220 g/mol. The molecule has 0 aromatic heterocycles. The van der Waals surface area contributed by atoms with E-state index in [1.54, 1.807) is 0 Å². The molecule has 1 aromatic carbocycles. The van der Waals surface area contributed by atoms with Gasteiger partial charge in [0.25, 0.3) is 0 Å². The molecule has 0 fully saturated rings. The highest BCUT2D eigenvalue weighted by molar-refractivity contribution is 6.25. The van der Waals surface area contributed by atoms with E-state index in [1.165, 1.54) is 5.54 Å². The summed E-state index contributed by atoms with van der Waals surface area (Å²) in [7, 11) is 0. The first kappa shape index (κ1) is 13.1. The van der Waals surface area contributed by atoms with Crippen LogP contribution >= 0.6 is 11.6 Å². The van der Waals surface area contributed by atoms with E-state index in [1.807, 2.05) is 30.3 Å². The number of rotatable bonds is 4. The maximum absolute atomic E-state index is 5.86. The van der Waals surface area contributed by atoms with Gasteiger partial charge in [0.2, 0.25) is 0 Å². The number of halogens is 1. The van der Waals surface area contributed by atoms with Crippen LogP contribution in [0.15, 0.2) is 41.6 Å². The standard InChI is InChI=1S/C14H19ClO/c1-11(2)14(3,4)13(10-15)16-12-8-6-5-7-9-12/h5-11H,1-4H3/b13-10+. The molecule has 2 heteroatoms. The molecular formula is C14H19ClO.